The third-order valence-corrected chi connectivity index (χ3v) is 8.93. The average Bonchev–Trinajstić information content (AvgIpc) is 3.71. The van der Waals surface area contributed by atoms with Gasteiger partial charge in [0.2, 0.25) is 0 Å². The second kappa shape index (κ2) is 8.97. The first kappa shape index (κ1) is 23.1. The molecule has 0 unspecified atom stereocenters. The van der Waals surface area contributed by atoms with Crippen LogP contribution in [-0.2, 0) is 11.8 Å². The molecule has 0 N–H and O–H groups in total. The average molecular weight is 480 g/mol. The number of nitro groups is 1. The lowest BCUT2D eigenvalue weighted by molar-refractivity contribution is -0.384. The molecule has 1 aliphatic heterocycles. The van der Waals surface area contributed by atoms with Crippen LogP contribution in [0.5, 0.6) is 0 Å². The minimum absolute atomic E-state index is 0.00262. The second-order valence-electron chi connectivity index (χ2n) is 11.1. The number of benzene rings is 3. The number of rotatable bonds is 6. The molecule has 2 fully saturated rings. The molecule has 6 rings (SSSR count). The van der Waals surface area contributed by atoms with E-state index >= 15 is 0 Å². The maximum absolute atomic E-state index is 12.3. The molecular formula is C31H33N3O2. The van der Waals surface area contributed by atoms with Gasteiger partial charge in [0, 0.05) is 29.8 Å². The van der Waals surface area contributed by atoms with Crippen LogP contribution in [0.1, 0.15) is 55.4 Å². The zero-order valence-electron chi connectivity index (χ0n) is 21.1. The standard InChI is InChI=1S/C31H33N3O2/c1-21-28-17-25-18-29(34(35)36)27(19-26(25)31(21,2)15-16-33(28)20-22-13-14-22)32-30(23-9-5-3-6-10-23)24-11-7-4-8-12-24/h3-12,18-19,21-22,28H,13-17,20H2,1-2H3/t21-,28-,31-/m1/s1. The minimum atomic E-state index is -0.259. The summed E-state index contributed by atoms with van der Waals surface area (Å²) in [5.41, 5.74) is 5.58. The van der Waals surface area contributed by atoms with Crippen molar-refractivity contribution < 1.29 is 4.92 Å². The quantitative estimate of drug-likeness (QED) is 0.225. The van der Waals surface area contributed by atoms with Crippen LogP contribution >= 0.6 is 0 Å². The summed E-state index contributed by atoms with van der Waals surface area (Å²) >= 11 is 0. The summed E-state index contributed by atoms with van der Waals surface area (Å²) < 4.78 is 0. The fraction of sp³-hybridized carbons (Fsp3) is 0.387. The van der Waals surface area contributed by atoms with Crippen molar-refractivity contribution in [2.24, 2.45) is 16.8 Å². The number of fused-ring (bicyclic) bond motifs is 4. The van der Waals surface area contributed by atoms with Crippen molar-refractivity contribution in [1.29, 1.82) is 0 Å². The number of nitro benzene ring substituents is 1. The number of nitrogens with zero attached hydrogens (tertiary/aromatic N) is 3. The largest absolute Gasteiger partial charge is 0.299 e. The Labute approximate surface area is 213 Å². The summed E-state index contributed by atoms with van der Waals surface area (Å²) in [6.45, 7) is 7.04. The van der Waals surface area contributed by atoms with Gasteiger partial charge in [-0.2, -0.15) is 0 Å². The molecule has 184 valence electrons. The smallest absolute Gasteiger partial charge is 0.295 e. The molecule has 1 saturated carbocycles. The second-order valence-corrected chi connectivity index (χ2v) is 11.1. The highest BCUT2D eigenvalue weighted by Gasteiger charge is 2.49. The van der Waals surface area contributed by atoms with E-state index < -0.39 is 0 Å². The van der Waals surface area contributed by atoms with Crippen molar-refractivity contribution in [2.45, 2.75) is 51.0 Å². The van der Waals surface area contributed by atoms with E-state index in [1.54, 1.807) is 0 Å². The monoisotopic (exact) mass is 479 g/mol. The molecule has 1 saturated heterocycles. The predicted molar refractivity (Wildman–Crippen MR) is 144 cm³/mol. The van der Waals surface area contributed by atoms with Crippen molar-refractivity contribution in [3.8, 4) is 0 Å². The molecule has 2 aliphatic carbocycles. The van der Waals surface area contributed by atoms with Crippen LogP contribution in [0.3, 0.4) is 0 Å². The Hall–Kier alpha value is -3.31. The lowest BCUT2D eigenvalue weighted by Gasteiger charge is -2.54. The Bertz CT molecular complexity index is 1270. The fourth-order valence-electron chi connectivity index (χ4n) is 6.44. The number of piperidine rings is 1. The third kappa shape index (κ3) is 4.05. The van der Waals surface area contributed by atoms with E-state index in [9.17, 15) is 10.1 Å². The van der Waals surface area contributed by atoms with Gasteiger partial charge in [-0.3, -0.25) is 15.0 Å². The third-order valence-electron chi connectivity index (χ3n) is 8.93. The van der Waals surface area contributed by atoms with Crippen LogP contribution in [-0.4, -0.2) is 34.7 Å². The zero-order chi connectivity index (χ0) is 24.9. The van der Waals surface area contributed by atoms with Gasteiger partial charge >= 0.3 is 0 Å². The van der Waals surface area contributed by atoms with Crippen LogP contribution < -0.4 is 0 Å². The van der Waals surface area contributed by atoms with Crippen molar-refractivity contribution in [2.75, 3.05) is 13.1 Å². The Balaban J connectivity index is 1.48. The van der Waals surface area contributed by atoms with Crippen LogP contribution in [0, 0.1) is 22.0 Å². The SMILES string of the molecule is C[C@@H]1[C@H]2Cc3cc([N+](=O)[O-])c(N=C(c4ccccc4)c4ccccc4)cc3[C@]1(C)CCN2CC1CC1. The predicted octanol–water partition coefficient (Wildman–Crippen LogP) is 6.70. The van der Waals surface area contributed by atoms with Gasteiger partial charge in [-0.25, -0.2) is 4.99 Å². The van der Waals surface area contributed by atoms with E-state index in [1.807, 2.05) is 72.8 Å². The molecule has 5 nitrogen and oxygen atoms in total. The van der Waals surface area contributed by atoms with Gasteiger partial charge in [-0.05, 0) is 66.7 Å². The molecule has 2 bridgehead atoms. The summed E-state index contributed by atoms with van der Waals surface area (Å²) in [7, 11) is 0. The molecule has 0 amide bonds. The number of likely N-dealkylation sites (tertiary alicyclic amines) is 1. The maximum Gasteiger partial charge on any atom is 0.295 e. The topological polar surface area (TPSA) is 58.7 Å². The normalized spacial score (nSPS) is 25.2. The van der Waals surface area contributed by atoms with E-state index in [1.165, 1.54) is 24.9 Å². The van der Waals surface area contributed by atoms with Crippen LogP contribution in [0.25, 0.3) is 0 Å². The summed E-state index contributed by atoms with van der Waals surface area (Å²) in [6, 6.07) is 24.3. The minimum Gasteiger partial charge on any atom is -0.299 e. The molecule has 3 atom stereocenters. The Morgan fingerprint density at radius 2 is 1.69 bits per heavy atom. The fourth-order valence-corrected chi connectivity index (χ4v) is 6.44. The van der Waals surface area contributed by atoms with Crippen LogP contribution in [0.15, 0.2) is 77.8 Å². The molecule has 0 radical (unpaired) electrons. The molecule has 5 heteroatoms. The lowest BCUT2D eigenvalue weighted by atomic mass is 9.59. The maximum atomic E-state index is 12.3. The molecule has 0 spiro atoms. The van der Waals surface area contributed by atoms with E-state index in [-0.39, 0.29) is 16.0 Å². The first-order valence-electron chi connectivity index (χ1n) is 13.2. The summed E-state index contributed by atoms with van der Waals surface area (Å²) in [4.78, 5) is 19.7. The Morgan fingerprint density at radius 1 is 1.06 bits per heavy atom. The Kier molecular flexibility index (Phi) is 5.76. The highest BCUT2D eigenvalue weighted by Crippen LogP contribution is 2.51. The lowest BCUT2D eigenvalue weighted by Crippen LogP contribution is -2.58. The van der Waals surface area contributed by atoms with Gasteiger partial charge in [0.15, 0.2) is 0 Å². The van der Waals surface area contributed by atoms with E-state index in [2.05, 4.69) is 18.7 Å². The van der Waals surface area contributed by atoms with Gasteiger partial charge in [0.05, 0.1) is 10.6 Å². The van der Waals surface area contributed by atoms with Crippen LogP contribution in [0.4, 0.5) is 11.4 Å². The van der Waals surface area contributed by atoms with Gasteiger partial charge in [-0.1, -0.05) is 74.5 Å². The van der Waals surface area contributed by atoms with E-state index in [0.717, 1.165) is 47.7 Å². The molecule has 0 aromatic heterocycles. The van der Waals surface area contributed by atoms with Gasteiger partial charge in [0.25, 0.3) is 5.69 Å². The first-order chi connectivity index (χ1) is 17.4. The van der Waals surface area contributed by atoms with E-state index in [0.29, 0.717) is 17.6 Å². The number of hydrogen-bond acceptors (Lipinski definition) is 4. The van der Waals surface area contributed by atoms with Crippen molar-refractivity contribution in [3.05, 3.63) is 105 Å². The molecule has 3 aliphatic rings. The van der Waals surface area contributed by atoms with E-state index in [4.69, 9.17) is 4.99 Å². The molecular weight excluding hydrogens is 446 g/mol. The Morgan fingerprint density at radius 3 is 2.28 bits per heavy atom. The summed E-state index contributed by atoms with van der Waals surface area (Å²) in [6.07, 6.45) is 4.66. The van der Waals surface area contributed by atoms with Gasteiger partial charge in [-0.15, -0.1) is 0 Å². The molecule has 3 aromatic carbocycles. The molecule has 36 heavy (non-hydrogen) atoms. The number of aliphatic imine (C=N–C) groups is 1. The summed E-state index contributed by atoms with van der Waals surface area (Å²) in [5, 5.41) is 12.3. The van der Waals surface area contributed by atoms with Crippen molar-refractivity contribution in [1.82, 2.24) is 4.90 Å². The highest BCUT2D eigenvalue weighted by atomic mass is 16.6. The van der Waals surface area contributed by atoms with Gasteiger partial charge < -0.3 is 0 Å². The number of hydrogen-bond donors (Lipinski definition) is 0. The zero-order valence-corrected chi connectivity index (χ0v) is 21.1. The summed E-state index contributed by atoms with van der Waals surface area (Å²) in [5.74, 6) is 1.35. The van der Waals surface area contributed by atoms with Gasteiger partial charge in [0.1, 0.15) is 5.69 Å². The molecule has 1 heterocycles. The van der Waals surface area contributed by atoms with Crippen molar-refractivity contribution >= 4 is 17.1 Å². The molecule has 3 aromatic rings. The first-order valence-corrected chi connectivity index (χ1v) is 13.2. The van der Waals surface area contributed by atoms with Crippen molar-refractivity contribution in [3.63, 3.8) is 0 Å². The highest BCUT2D eigenvalue weighted by molar-refractivity contribution is 6.14. The van der Waals surface area contributed by atoms with Crippen LogP contribution in [0.2, 0.25) is 0 Å².